The number of hydrogen-bond donors (Lipinski definition) is 2. The molecule has 0 fully saturated rings. The quantitative estimate of drug-likeness (QED) is 0.612. The number of halogens is 1. The van der Waals surface area contributed by atoms with Crippen LogP contribution >= 0.6 is 23.8 Å². The fraction of sp³-hybridized carbons (Fsp3) is 0.111. The minimum absolute atomic E-state index is 0.182. The second-order valence-electron chi connectivity index (χ2n) is 5.16. The Balaban J connectivity index is 2.00. The first-order valence-corrected chi connectivity index (χ1v) is 7.98. The van der Waals surface area contributed by atoms with Crippen LogP contribution in [0.15, 0.2) is 60.7 Å². The van der Waals surface area contributed by atoms with E-state index < -0.39 is 0 Å². The molecule has 0 heterocycles. The molecule has 2 aromatic rings. The Labute approximate surface area is 151 Å². The van der Waals surface area contributed by atoms with Crippen molar-refractivity contribution in [3.8, 4) is 5.75 Å². The molecule has 0 aromatic heterocycles. The molecule has 24 heavy (non-hydrogen) atoms. The molecule has 0 bridgehead atoms. The van der Waals surface area contributed by atoms with Crippen molar-refractivity contribution in [2.75, 3.05) is 11.9 Å². The van der Waals surface area contributed by atoms with Crippen molar-refractivity contribution in [2.24, 2.45) is 0 Å². The lowest BCUT2D eigenvalue weighted by atomic mass is 10.2. The number of hydrogen-bond acceptors (Lipinski definition) is 3. The number of rotatable bonds is 5. The van der Waals surface area contributed by atoms with Gasteiger partial charge < -0.3 is 10.1 Å². The van der Waals surface area contributed by atoms with Crippen LogP contribution in [0.2, 0.25) is 5.02 Å². The fourth-order valence-electron chi connectivity index (χ4n) is 1.83. The molecule has 0 unspecified atom stereocenters. The van der Waals surface area contributed by atoms with E-state index in [2.05, 4.69) is 17.2 Å². The number of thiocarbonyl (C=S) groups is 1. The average molecular weight is 361 g/mol. The zero-order valence-electron chi connectivity index (χ0n) is 13.1. The van der Waals surface area contributed by atoms with Crippen LogP contribution in [0, 0.1) is 0 Å². The molecule has 124 valence electrons. The summed E-state index contributed by atoms with van der Waals surface area (Å²) in [5.41, 5.74) is 2.04. The van der Waals surface area contributed by atoms with E-state index in [4.69, 9.17) is 28.6 Å². The van der Waals surface area contributed by atoms with Gasteiger partial charge in [-0.05, 0) is 61.1 Å². The van der Waals surface area contributed by atoms with Crippen LogP contribution in [0.5, 0.6) is 5.75 Å². The van der Waals surface area contributed by atoms with Crippen molar-refractivity contribution < 1.29 is 9.53 Å². The standard InChI is InChI=1S/C18H17ClN2O2S/c1-12(2)11-23-16-6-4-3-5-15(16)20-18(24)21-17(22)13-7-9-14(19)10-8-13/h3-10H,1,11H2,2H3,(H2,20,21,22,24). The van der Waals surface area contributed by atoms with E-state index in [9.17, 15) is 4.79 Å². The van der Waals surface area contributed by atoms with Crippen LogP contribution in [-0.4, -0.2) is 17.6 Å². The third-order valence-corrected chi connectivity index (χ3v) is 3.40. The van der Waals surface area contributed by atoms with Gasteiger partial charge in [-0.3, -0.25) is 10.1 Å². The highest BCUT2D eigenvalue weighted by atomic mass is 35.5. The highest BCUT2D eigenvalue weighted by molar-refractivity contribution is 7.80. The van der Waals surface area contributed by atoms with Gasteiger partial charge in [0.25, 0.3) is 5.91 Å². The zero-order valence-corrected chi connectivity index (χ0v) is 14.7. The van der Waals surface area contributed by atoms with Crippen LogP contribution in [0.3, 0.4) is 0 Å². The maximum absolute atomic E-state index is 12.1. The van der Waals surface area contributed by atoms with Crippen molar-refractivity contribution in [2.45, 2.75) is 6.92 Å². The van der Waals surface area contributed by atoms with Gasteiger partial charge in [-0.15, -0.1) is 0 Å². The summed E-state index contributed by atoms with van der Waals surface area (Å²) in [6, 6.07) is 13.9. The molecule has 4 nitrogen and oxygen atoms in total. The van der Waals surface area contributed by atoms with E-state index in [1.807, 2.05) is 31.2 Å². The van der Waals surface area contributed by atoms with Gasteiger partial charge in [-0.25, -0.2) is 0 Å². The number of amides is 1. The lowest BCUT2D eigenvalue weighted by Crippen LogP contribution is -2.34. The molecule has 0 spiro atoms. The van der Waals surface area contributed by atoms with Gasteiger partial charge in [0.15, 0.2) is 5.11 Å². The topological polar surface area (TPSA) is 50.4 Å². The van der Waals surface area contributed by atoms with Crippen LogP contribution < -0.4 is 15.4 Å². The van der Waals surface area contributed by atoms with Gasteiger partial charge in [0, 0.05) is 10.6 Å². The Bertz CT molecular complexity index is 760. The van der Waals surface area contributed by atoms with Gasteiger partial charge >= 0.3 is 0 Å². The van der Waals surface area contributed by atoms with E-state index in [1.165, 1.54) is 0 Å². The van der Waals surface area contributed by atoms with E-state index in [1.54, 1.807) is 24.3 Å². The van der Waals surface area contributed by atoms with Crippen molar-refractivity contribution in [1.82, 2.24) is 5.32 Å². The maximum Gasteiger partial charge on any atom is 0.257 e. The van der Waals surface area contributed by atoms with Crippen LogP contribution in [0.25, 0.3) is 0 Å². The summed E-state index contributed by atoms with van der Waals surface area (Å²) in [6.07, 6.45) is 0. The van der Waals surface area contributed by atoms with Crippen LogP contribution in [0.4, 0.5) is 5.69 Å². The van der Waals surface area contributed by atoms with Gasteiger partial charge in [-0.1, -0.05) is 30.3 Å². The molecule has 2 aromatic carbocycles. The van der Waals surface area contributed by atoms with E-state index >= 15 is 0 Å². The molecule has 6 heteroatoms. The summed E-state index contributed by atoms with van der Waals surface area (Å²) < 4.78 is 5.65. The number of carbonyl (C=O) groups excluding carboxylic acids is 1. The molecule has 2 rings (SSSR count). The normalized spacial score (nSPS) is 9.92. The monoisotopic (exact) mass is 360 g/mol. The van der Waals surface area contributed by atoms with Crippen molar-refractivity contribution in [3.05, 3.63) is 71.3 Å². The van der Waals surface area contributed by atoms with E-state index in [-0.39, 0.29) is 11.0 Å². The summed E-state index contributed by atoms with van der Waals surface area (Å²) in [7, 11) is 0. The Morgan fingerprint density at radius 1 is 1.21 bits per heavy atom. The summed E-state index contributed by atoms with van der Waals surface area (Å²) in [5, 5.41) is 6.33. The second kappa shape index (κ2) is 8.47. The molecular formula is C18H17ClN2O2S. The molecule has 0 aliphatic heterocycles. The third kappa shape index (κ3) is 5.37. The molecule has 0 aliphatic rings. The first-order valence-electron chi connectivity index (χ1n) is 7.20. The van der Waals surface area contributed by atoms with Gasteiger partial charge in [0.1, 0.15) is 12.4 Å². The molecule has 2 N–H and O–H groups in total. The lowest BCUT2D eigenvalue weighted by Gasteiger charge is -2.14. The first-order chi connectivity index (χ1) is 11.5. The van der Waals surface area contributed by atoms with Gasteiger partial charge in [0.05, 0.1) is 5.69 Å². The third-order valence-electron chi connectivity index (χ3n) is 2.94. The van der Waals surface area contributed by atoms with E-state index in [0.29, 0.717) is 28.6 Å². The first kappa shape index (κ1) is 18.0. The predicted molar refractivity (Wildman–Crippen MR) is 102 cm³/mol. The Morgan fingerprint density at radius 2 is 1.88 bits per heavy atom. The number of para-hydroxylation sites is 2. The zero-order chi connectivity index (χ0) is 17.5. The highest BCUT2D eigenvalue weighted by Crippen LogP contribution is 2.24. The molecule has 0 atom stereocenters. The van der Waals surface area contributed by atoms with Crippen molar-refractivity contribution in [3.63, 3.8) is 0 Å². The highest BCUT2D eigenvalue weighted by Gasteiger charge is 2.10. The summed E-state index contributed by atoms with van der Waals surface area (Å²) in [4.78, 5) is 12.1. The SMILES string of the molecule is C=C(C)COc1ccccc1NC(=S)NC(=O)c1ccc(Cl)cc1. The summed E-state index contributed by atoms with van der Waals surface area (Å²) in [6.45, 7) is 6.09. The molecule has 0 saturated carbocycles. The predicted octanol–water partition coefficient (Wildman–Crippen LogP) is 4.42. The smallest absolute Gasteiger partial charge is 0.257 e. The fourth-order valence-corrected chi connectivity index (χ4v) is 2.16. The number of anilines is 1. The van der Waals surface area contributed by atoms with E-state index in [0.717, 1.165) is 5.57 Å². The second-order valence-corrected chi connectivity index (χ2v) is 6.00. The molecular weight excluding hydrogens is 344 g/mol. The number of nitrogens with one attached hydrogen (secondary N) is 2. The molecule has 0 radical (unpaired) electrons. The minimum atomic E-state index is -0.315. The molecule has 1 amide bonds. The van der Waals surface area contributed by atoms with Gasteiger partial charge in [-0.2, -0.15) is 0 Å². The number of benzene rings is 2. The number of carbonyl (C=O) groups is 1. The molecule has 0 aliphatic carbocycles. The van der Waals surface area contributed by atoms with Crippen molar-refractivity contribution >= 4 is 40.5 Å². The average Bonchev–Trinajstić information content (AvgIpc) is 2.54. The Kier molecular flexibility index (Phi) is 6.35. The van der Waals surface area contributed by atoms with Crippen LogP contribution in [-0.2, 0) is 0 Å². The molecule has 0 saturated heterocycles. The number of ether oxygens (including phenoxy) is 1. The Morgan fingerprint density at radius 3 is 2.54 bits per heavy atom. The lowest BCUT2D eigenvalue weighted by molar-refractivity contribution is 0.0977. The van der Waals surface area contributed by atoms with Crippen LogP contribution in [0.1, 0.15) is 17.3 Å². The Hall–Kier alpha value is -2.37. The van der Waals surface area contributed by atoms with Crippen molar-refractivity contribution in [1.29, 1.82) is 0 Å². The van der Waals surface area contributed by atoms with Gasteiger partial charge in [0.2, 0.25) is 0 Å². The minimum Gasteiger partial charge on any atom is -0.487 e. The summed E-state index contributed by atoms with van der Waals surface area (Å²) >= 11 is 11.0. The summed E-state index contributed by atoms with van der Waals surface area (Å²) in [5.74, 6) is 0.313. The largest absolute Gasteiger partial charge is 0.487 e. The maximum atomic E-state index is 12.1.